The lowest BCUT2D eigenvalue weighted by atomic mass is 9.94. The lowest BCUT2D eigenvalue weighted by Crippen LogP contribution is -2.27. The van der Waals surface area contributed by atoms with Crippen molar-refractivity contribution >= 4 is 34.7 Å². The summed E-state index contributed by atoms with van der Waals surface area (Å²) in [4.78, 5) is -0.131. The molecule has 1 saturated carbocycles. The summed E-state index contributed by atoms with van der Waals surface area (Å²) in [6.07, 6.45) is 6.27. The fraction of sp³-hybridized carbons (Fsp3) is 0.500. The minimum atomic E-state index is -0.972. The number of thioether (sulfide) groups is 1. The van der Waals surface area contributed by atoms with E-state index in [0.29, 0.717) is 5.25 Å². The van der Waals surface area contributed by atoms with Crippen LogP contribution in [0.4, 0.5) is 14.5 Å². The van der Waals surface area contributed by atoms with E-state index in [4.69, 9.17) is 5.73 Å². The van der Waals surface area contributed by atoms with Gasteiger partial charge in [-0.25, -0.2) is 8.78 Å². The average molecular weight is 316 g/mol. The molecule has 6 heteroatoms. The molecule has 2 rings (SSSR count). The highest BCUT2D eigenvalue weighted by Crippen LogP contribution is 2.30. The summed E-state index contributed by atoms with van der Waals surface area (Å²) >= 11 is 6.56. The summed E-state index contributed by atoms with van der Waals surface area (Å²) in [6, 6.07) is 3.13. The van der Waals surface area contributed by atoms with Crippen LogP contribution < -0.4 is 11.1 Å². The third kappa shape index (κ3) is 3.41. The van der Waals surface area contributed by atoms with Gasteiger partial charge in [0.25, 0.3) is 0 Å². The van der Waals surface area contributed by atoms with Crippen molar-refractivity contribution < 1.29 is 8.78 Å². The van der Waals surface area contributed by atoms with Crippen LogP contribution in [0.15, 0.2) is 12.1 Å². The van der Waals surface area contributed by atoms with Crippen LogP contribution in [0.2, 0.25) is 0 Å². The Bertz CT molecular complexity index is 500. The fourth-order valence-electron chi connectivity index (χ4n) is 2.51. The molecule has 0 aromatic heterocycles. The molecule has 0 spiro atoms. The van der Waals surface area contributed by atoms with E-state index in [9.17, 15) is 8.78 Å². The first-order valence-corrected chi connectivity index (χ1v) is 8.29. The second-order valence-corrected chi connectivity index (χ2v) is 6.58. The number of anilines is 1. The normalized spacial score (nSPS) is 22.6. The Labute approximate surface area is 127 Å². The quantitative estimate of drug-likeness (QED) is 0.831. The van der Waals surface area contributed by atoms with Gasteiger partial charge in [0, 0.05) is 16.9 Å². The molecule has 110 valence electrons. The lowest BCUT2D eigenvalue weighted by molar-refractivity contribution is 0.466. The maximum absolute atomic E-state index is 14.0. The first-order chi connectivity index (χ1) is 9.52. The summed E-state index contributed by atoms with van der Waals surface area (Å²) in [7, 11) is 0. The summed E-state index contributed by atoms with van der Waals surface area (Å²) < 4.78 is 27.8. The van der Waals surface area contributed by atoms with Crippen LogP contribution in [-0.4, -0.2) is 22.5 Å². The molecular formula is C14H18F2N2S2. The Morgan fingerprint density at radius 3 is 2.45 bits per heavy atom. The topological polar surface area (TPSA) is 38.0 Å². The molecule has 0 unspecified atom stereocenters. The number of hydrogen-bond donors (Lipinski definition) is 2. The molecule has 1 aliphatic rings. The predicted octanol–water partition coefficient (Wildman–Crippen LogP) is 3.69. The molecule has 1 fully saturated rings. The van der Waals surface area contributed by atoms with E-state index >= 15 is 0 Å². The molecule has 0 bridgehead atoms. The number of rotatable bonds is 4. The zero-order valence-electron chi connectivity index (χ0n) is 11.3. The van der Waals surface area contributed by atoms with Crippen molar-refractivity contribution in [2.45, 2.75) is 37.0 Å². The number of halogens is 2. The van der Waals surface area contributed by atoms with Crippen LogP contribution in [0, 0.1) is 11.6 Å². The lowest BCUT2D eigenvalue weighted by Gasteiger charge is -2.29. The van der Waals surface area contributed by atoms with Gasteiger partial charge in [-0.05, 0) is 44.1 Å². The van der Waals surface area contributed by atoms with E-state index in [1.807, 2.05) is 11.8 Å². The van der Waals surface area contributed by atoms with Gasteiger partial charge in [-0.1, -0.05) is 12.2 Å². The Morgan fingerprint density at radius 1 is 1.25 bits per heavy atom. The zero-order valence-corrected chi connectivity index (χ0v) is 12.9. The van der Waals surface area contributed by atoms with Crippen molar-refractivity contribution in [3.05, 3.63) is 29.3 Å². The van der Waals surface area contributed by atoms with Crippen molar-refractivity contribution in [2.75, 3.05) is 11.6 Å². The van der Waals surface area contributed by atoms with Crippen LogP contribution in [-0.2, 0) is 0 Å². The van der Waals surface area contributed by atoms with Crippen LogP contribution in [0.3, 0.4) is 0 Å². The van der Waals surface area contributed by atoms with E-state index in [1.54, 1.807) is 0 Å². The standard InChI is InChI=1S/C14H18F2N2S2/c1-20-9-4-2-8(3-5-9)18-11-7-6-10(14(17)19)12(15)13(11)16/h6-9,18H,2-5H2,1H3,(H2,17,19). The predicted molar refractivity (Wildman–Crippen MR) is 85.4 cm³/mol. The minimum Gasteiger partial charge on any atom is -0.389 e. The SMILES string of the molecule is CSC1CCC(Nc2ccc(C(N)=S)c(F)c2F)CC1. The van der Waals surface area contributed by atoms with E-state index in [1.165, 1.54) is 12.1 Å². The fourth-order valence-corrected chi connectivity index (χ4v) is 3.42. The number of thiocarbonyl (C=S) groups is 1. The van der Waals surface area contributed by atoms with Gasteiger partial charge in [-0.15, -0.1) is 0 Å². The Kier molecular flexibility index (Phi) is 5.21. The highest BCUT2D eigenvalue weighted by molar-refractivity contribution is 7.99. The van der Waals surface area contributed by atoms with Crippen molar-refractivity contribution in [3.63, 3.8) is 0 Å². The smallest absolute Gasteiger partial charge is 0.182 e. The number of nitrogens with two attached hydrogens (primary N) is 1. The van der Waals surface area contributed by atoms with E-state index in [2.05, 4.69) is 23.8 Å². The highest BCUT2D eigenvalue weighted by atomic mass is 32.2. The molecule has 0 aliphatic heterocycles. The van der Waals surface area contributed by atoms with Crippen molar-refractivity contribution in [2.24, 2.45) is 5.73 Å². The van der Waals surface area contributed by atoms with Gasteiger partial charge in [0.05, 0.1) is 5.69 Å². The van der Waals surface area contributed by atoms with Gasteiger partial charge < -0.3 is 11.1 Å². The third-order valence-electron chi connectivity index (χ3n) is 3.71. The molecule has 1 aromatic carbocycles. The summed E-state index contributed by atoms with van der Waals surface area (Å²) in [6.45, 7) is 0. The molecule has 2 nitrogen and oxygen atoms in total. The van der Waals surface area contributed by atoms with Crippen molar-refractivity contribution in [3.8, 4) is 0 Å². The van der Waals surface area contributed by atoms with Gasteiger partial charge in [0.15, 0.2) is 11.6 Å². The van der Waals surface area contributed by atoms with Crippen LogP contribution in [0.1, 0.15) is 31.2 Å². The number of hydrogen-bond acceptors (Lipinski definition) is 3. The molecule has 1 aliphatic carbocycles. The van der Waals surface area contributed by atoms with Crippen LogP contribution in [0.5, 0.6) is 0 Å². The van der Waals surface area contributed by atoms with Gasteiger partial charge >= 0.3 is 0 Å². The molecule has 20 heavy (non-hydrogen) atoms. The molecular weight excluding hydrogens is 298 g/mol. The molecule has 3 N–H and O–H groups in total. The Balaban J connectivity index is 2.07. The van der Waals surface area contributed by atoms with Crippen LogP contribution >= 0.6 is 24.0 Å². The first kappa shape index (κ1) is 15.5. The molecule has 1 aromatic rings. The van der Waals surface area contributed by atoms with Gasteiger partial charge in [0.2, 0.25) is 0 Å². The van der Waals surface area contributed by atoms with Gasteiger partial charge in [-0.3, -0.25) is 0 Å². The van der Waals surface area contributed by atoms with Crippen molar-refractivity contribution in [1.29, 1.82) is 0 Å². The average Bonchev–Trinajstić information content (AvgIpc) is 2.44. The third-order valence-corrected chi connectivity index (χ3v) is 5.07. The number of nitrogens with one attached hydrogen (secondary N) is 1. The Morgan fingerprint density at radius 2 is 1.90 bits per heavy atom. The van der Waals surface area contributed by atoms with E-state index in [0.717, 1.165) is 25.7 Å². The highest BCUT2D eigenvalue weighted by Gasteiger charge is 2.22. The second-order valence-electron chi connectivity index (χ2n) is 5.01. The minimum absolute atomic E-state index is 0.0471. The van der Waals surface area contributed by atoms with Crippen molar-refractivity contribution in [1.82, 2.24) is 0 Å². The second kappa shape index (κ2) is 6.72. The molecule has 0 radical (unpaired) electrons. The van der Waals surface area contributed by atoms with E-state index in [-0.39, 0.29) is 22.3 Å². The maximum Gasteiger partial charge on any atom is 0.182 e. The Hall–Kier alpha value is -0.880. The first-order valence-electron chi connectivity index (χ1n) is 6.60. The molecule has 0 heterocycles. The maximum atomic E-state index is 14.0. The van der Waals surface area contributed by atoms with E-state index < -0.39 is 11.6 Å². The van der Waals surface area contributed by atoms with Crippen LogP contribution in [0.25, 0.3) is 0 Å². The molecule has 0 saturated heterocycles. The summed E-state index contributed by atoms with van der Waals surface area (Å²) in [5, 5.41) is 3.78. The van der Waals surface area contributed by atoms with Gasteiger partial charge in [-0.2, -0.15) is 11.8 Å². The monoisotopic (exact) mass is 316 g/mol. The zero-order chi connectivity index (χ0) is 14.7. The summed E-state index contributed by atoms with van der Waals surface area (Å²) in [5.41, 5.74) is 5.49. The van der Waals surface area contributed by atoms with Gasteiger partial charge in [0.1, 0.15) is 4.99 Å². The molecule has 0 atom stereocenters. The molecule has 0 amide bonds. The number of benzene rings is 1. The summed E-state index contributed by atoms with van der Waals surface area (Å²) in [5.74, 6) is -1.87. The largest absolute Gasteiger partial charge is 0.389 e.